The Balaban J connectivity index is 1.67. The average molecular weight is 335 g/mol. The Morgan fingerprint density at radius 1 is 1.28 bits per heavy atom. The Hall–Kier alpha value is -3.48. The van der Waals surface area contributed by atoms with Gasteiger partial charge in [-0.3, -0.25) is 14.9 Å². The van der Waals surface area contributed by atoms with Crippen LogP contribution >= 0.6 is 0 Å². The second-order valence-electron chi connectivity index (χ2n) is 5.08. The summed E-state index contributed by atoms with van der Waals surface area (Å²) < 4.78 is 5.48. The lowest BCUT2D eigenvalue weighted by molar-refractivity contribution is 0.0950. The zero-order valence-corrected chi connectivity index (χ0v) is 13.6. The van der Waals surface area contributed by atoms with Crippen molar-refractivity contribution >= 4 is 12.1 Å². The van der Waals surface area contributed by atoms with Gasteiger partial charge in [-0.05, 0) is 37.3 Å². The molecule has 126 valence electrons. The maximum absolute atomic E-state index is 12.1. The molecule has 0 atom stereocenters. The van der Waals surface area contributed by atoms with Crippen LogP contribution in [0.25, 0.3) is 11.3 Å². The molecule has 0 unspecified atom stereocenters. The smallest absolute Gasteiger partial charge is 0.289 e. The lowest BCUT2D eigenvalue weighted by Crippen LogP contribution is -2.18. The molecular formula is C18H17N5O2. The first kappa shape index (κ1) is 16.4. The number of carbonyl (C=O) groups excluding carboxylic acids is 1. The molecule has 0 spiro atoms. The molecule has 0 aliphatic carbocycles. The van der Waals surface area contributed by atoms with E-state index in [4.69, 9.17) is 4.74 Å². The summed E-state index contributed by atoms with van der Waals surface area (Å²) >= 11 is 0. The van der Waals surface area contributed by atoms with Crippen molar-refractivity contribution in [3.8, 4) is 17.0 Å². The SMILES string of the molecule is CCOc1cccc(-c2cc(C(=O)N/N=C\c3ccccn3)[nH]n2)c1. The van der Waals surface area contributed by atoms with E-state index in [0.717, 1.165) is 11.3 Å². The fraction of sp³-hybridized carbons (Fsp3) is 0.111. The normalized spacial score (nSPS) is 10.8. The molecule has 7 heteroatoms. The number of aromatic nitrogens is 3. The summed E-state index contributed by atoms with van der Waals surface area (Å²) in [5.74, 6) is 0.376. The van der Waals surface area contributed by atoms with Crippen LogP contribution in [0.15, 0.2) is 59.8 Å². The minimum atomic E-state index is -0.383. The number of benzene rings is 1. The molecular weight excluding hydrogens is 318 g/mol. The van der Waals surface area contributed by atoms with Gasteiger partial charge in [0.05, 0.1) is 24.2 Å². The van der Waals surface area contributed by atoms with E-state index in [9.17, 15) is 4.79 Å². The van der Waals surface area contributed by atoms with E-state index in [0.29, 0.717) is 23.7 Å². The number of nitrogens with zero attached hydrogens (tertiary/aromatic N) is 3. The summed E-state index contributed by atoms with van der Waals surface area (Å²) in [5.41, 5.74) is 4.92. The first-order valence-corrected chi connectivity index (χ1v) is 7.79. The Labute approximate surface area is 144 Å². The van der Waals surface area contributed by atoms with Crippen LogP contribution in [0.5, 0.6) is 5.75 Å². The topological polar surface area (TPSA) is 92.3 Å². The van der Waals surface area contributed by atoms with E-state index in [1.165, 1.54) is 6.21 Å². The molecule has 25 heavy (non-hydrogen) atoms. The summed E-state index contributed by atoms with van der Waals surface area (Å²) in [6.45, 7) is 2.51. The van der Waals surface area contributed by atoms with Crippen LogP contribution in [-0.2, 0) is 0 Å². The fourth-order valence-electron chi connectivity index (χ4n) is 2.17. The van der Waals surface area contributed by atoms with Crippen LogP contribution in [0.4, 0.5) is 0 Å². The van der Waals surface area contributed by atoms with Gasteiger partial charge in [0.2, 0.25) is 0 Å². The van der Waals surface area contributed by atoms with Gasteiger partial charge < -0.3 is 4.74 Å². The molecule has 7 nitrogen and oxygen atoms in total. The minimum Gasteiger partial charge on any atom is -0.494 e. The van der Waals surface area contributed by atoms with E-state index in [1.807, 2.05) is 43.3 Å². The van der Waals surface area contributed by atoms with Crippen LogP contribution in [0.2, 0.25) is 0 Å². The van der Waals surface area contributed by atoms with Crippen molar-refractivity contribution in [2.24, 2.45) is 5.10 Å². The largest absolute Gasteiger partial charge is 0.494 e. The van der Waals surface area contributed by atoms with Gasteiger partial charge in [0.15, 0.2) is 0 Å². The number of H-pyrrole nitrogens is 1. The summed E-state index contributed by atoms with van der Waals surface area (Å²) in [6.07, 6.45) is 3.13. The number of pyridine rings is 1. The third-order valence-electron chi connectivity index (χ3n) is 3.31. The highest BCUT2D eigenvalue weighted by Gasteiger charge is 2.11. The average Bonchev–Trinajstić information content (AvgIpc) is 3.13. The number of hydrogen-bond acceptors (Lipinski definition) is 5. The van der Waals surface area contributed by atoms with E-state index < -0.39 is 0 Å². The molecule has 0 saturated carbocycles. The van der Waals surface area contributed by atoms with E-state index in [1.54, 1.807) is 18.3 Å². The maximum atomic E-state index is 12.1. The standard InChI is InChI=1S/C18H17N5O2/c1-2-25-15-8-5-6-13(10-15)16-11-17(22-21-16)18(24)23-20-12-14-7-3-4-9-19-14/h3-12H,2H2,1H3,(H,21,22)(H,23,24)/b20-12-. The number of hydrogen-bond donors (Lipinski definition) is 2. The molecule has 2 N–H and O–H groups in total. The monoisotopic (exact) mass is 335 g/mol. The van der Waals surface area contributed by atoms with Crippen molar-refractivity contribution in [1.82, 2.24) is 20.6 Å². The molecule has 0 saturated heterocycles. The number of aromatic amines is 1. The Morgan fingerprint density at radius 3 is 3.00 bits per heavy atom. The molecule has 2 aromatic heterocycles. The Morgan fingerprint density at radius 2 is 2.20 bits per heavy atom. The van der Waals surface area contributed by atoms with Crippen molar-refractivity contribution in [3.05, 3.63) is 66.1 Å². The Bertz CT molecular complexity index is 874. The van der Waals surface area contributed by atoms with Gasteiger partial charge in [0.1, 0.15) is 11.4 Å². The lowest BCUT2D eigenvalue weighted by Gasteiger charge is -2.03. The maximum Gasteiger partial charge on any atom is 0.289 e. The van der Waals surface area contributed by atoms with Gasteiger partial charge in [-0.25, -0.2) is 5.43 Å². The predicted octanol–water partition coefficient (Wildman–Crippen LogP) is 2.63. The van der Waals surface area contributed by atoms with Crippen LogP contribution in [0.3, 0.4) is 0 Å². The highest BCUT2D eigenvalue weighted by molar-refractivity contribution is 5.94. The number of carbonyl (C=O) groups is 1. The van der Waals surface area contributed by atoms with Gasteiger partial charge in [-0.2, -0.15) is 10.2 Å². The highest BCUT2D eigenvalue weighted by atomic mass is 16.5. The van der Waals surface area contributed by atoms with Gasteiger partial charge in [-0.1, -0.05) is 18.2 Å². The molecule has 1 aromatic carbocycles. The van der Waals surface area contributed by atoms with Crippen LogP contribution < -0.4 is 10.2 Å². The molecule has 0 radical (unpaired) electrons. The van der Waals surface area contributed by atoms with Crippen molar-refractivity contribution in [2.45, 2.75) is 6.92 Å². The van der Waals surface area contributed by atoms with Crippen LogP contribution in [0.1, 0.15) is 23.1 Å². The fourth-order valence-corrected chi connectivity index (χ4v) is 2.17. The summed E-state index contributed by atoms with van der Waals surface area (Å²) in [7, 11) is 0. The summed E-state index contributed by atoms with van der Waals surface area (Å²) in [6, 6.07) is 14.6. The van der Waals surface area contributed by atoms with Crippen molar-refractivity contribution < 1.29 is 9.53 Å². The third kappa shape index (κ3) is 4.29. The second-order valence-corrected chi connectivity index (χ2v) is 5.08. The number of hydrazone groups is 1. The van der Waals surface area contributed by atoms with Gasteiger partial charge in [0, 0.05) is 11.8 Å². The second kappa shape index (κ2) is 7.87. The highest BCUT2D eigenvalue weighted by Crippen LogP contribution is 2.22. The predicted molar refractivity (Wildman–Crippen MR) is 94.5 cm³/mol. The van der Waals surface area contributed by atoms with Gasteiger partial charge in [-0.15, -0.1) is 0 Å². The lowest BCUT2D eigenvalue weighted by atomic mass is 10.1. The quantitative estimate of drug-likeness (QED) is 0.535. The molecule has 3 aromatic rings. The van der Waals surface area contributed by atoms with E-state index in [2.05, 4.69) is 25.7 Å². The Kier molecular flexibility index (Phi) is 5.16. The summed E-state index contributed by atoms with van der Waals surface area (Å²) in [4.78, 5) is 16.2. The van der Waals surface area contributed by atoms with Crippen molar-refractivity contribution in [1.29, 1.82) is 0 Å². The zero-order valence-electron chi connectivity index (χ0n) is 13.6. The van der Waals surface area contributed by atoms with Crippen LogP contribution in [0, 0.1) is 0 Å². The molecule has 2 heterocycles. The third-order valence-corrected chi connectivity index (χ3v) is 3.31. The van der Waals surface area contributed by atoms with Crippen molar-refractivity contribution in [2.75, 3.05) is 6.61 Å². The molecule has 0 fully saturated rings. The van der Waals surface area contributed by atoms with E-state index >= 15 is 0 Å². The molecule has 0 aliphatic heterocycles. The number of ether oxygens (including phenoxy) is 1. The minimum absolute atomic E-state index is 0.315. The van der Waals surface area contributed by atoms with Gasteiger partial charge >= 0.3 is 0 Å². The first-order valence-electron chi connectivity index (χ1n) is 7.79. The van der Waals surface area contributed by atoms with Crippen molar-refractivity contribution in [3.63, 3.8) is 0 Å². The summed E-state index contributed by atoms with van der Waals surface area (Å²) in [5, 5.41) is 10.8. The zero-order chi connectivity index (χ0) is 17.5. The van der Waals surface area contributed by atoms with Crippen LogP contribution in [-0.4, -0.2) is 33.9 Å². The van der Waals surface area contributed by atoms with Gasteiger partial charge in [0.25, 0.3) is 5.91 Å². The first-order chi connectivity index (χ1) is 12.3. The van der Waals surface area contributed by atoms with E-state index in [-0.39, 0.29) is 5.91 Å². The molecule has 0 bridgehead atoms. The molecule has 3 rings (SSSR count). The molecule has 0 aliphatic rings. The number of nitrogens with one attached hydrogen (secondary N) is 2. The number of rotatable bonds is 6. The number of amides is 1. The molecule has 1 amide bonds.